The minimum absolute atomic E-state index is 0.0437. The van der Waals surface area contributed by atoms with E-state index in [1.54, 1.807) is 30.3 Å². The number of carbonyl (C=O) groups is 1. The lowest BCUT2D eigenvalue weighted by atomic mass is 9.85. The first-order valence-electron chi connectivity index (χ1n) is 11.1. The van der Waals surface area contributed by atoms with Crippen LogP contribution in [-0.4, -0.2) is 26.9 Å². The van der Waals surface area contributed by atoms with Crippen LogP contribution < -0.4 is 15.4 Å². The van der Waals surface area contributed by atoms with Crippen molar-refractivity contribution in [2.75, 3.05) is 11.9 Å². The zero-order valence-electron chi connectivity index (χ0n) is 18.8. The minimum atomic E-state index is -3.62. The smallest absolute Gasteiger partial charge is 0.240 e. The van der Waals surface area contributed by atoms with Crippen molar-refractivity contribution in [1.82, 2.24) is 10.0 Å². The average molecular weight is 462 g/mol. The molecule has 0 aromatic heterocycles. The van der Waals surface area contributed by atoms with Gasteiger partial charge in [0.1, 0.15) is 5.82 Å². The van der Waals surface area contributed by atoms with Gasteiger partial charge in [-0.25, -0.2) is 17.5 Å². The normalized spacial score (nSPS) is 19.9. The molecule has 1 atom stereocenters. The van der Waals surface area contributed by atoms with Crippen LogP contribution in [0.5, 0.6) is 0 Å². The van der Waals surface area contributed by atoms with Gasteiger partial charge in [-0.1, -0.05) is 12.1 Å². The van der Waals surface area contributed by atoms with Crippen LogP contribution in [0.4, 0.5) is 10.1 Å². The molecule has 0 aliphatic heterocycles. The lowest BCUT2D eigenvalue weighted by Crippen LogP contribution is -2.41. The van der Waals surface area contributed by atoms with Gasteiger partial charge in [0, 0.05) is 24.2 Å². The van der Waals surface area contributed by atoms with Gasteiger partial charge in [0.2, 0.25) is 15.9 Å². The molecule has 1 aliphatic carbocycles. The fourth-order valence-electron chi connectivity index (χ4n) is 4.12. The number of carbonyl (C=O) groups excluding carboxylic acids is 1. The zero-order chi connectivity index (χ0) is 23.3. The predicted molar refractivity (Wildman–Crippen MR) is 124 cm³/mol. The Bertz CT molecular complexity index is 1030. The number of anilines is 1. The SMILES string of the molecule is CCNc1ccc(S(=O)(=O)N[C@H]2CC[C@H](C(=O)N[C@H](C)c3ccc(F)cc3)CC2)cc1C. The molecule has 174 valence electrons. The topological polar surface area (TPSA) is 87.3 Å². The molecule has 2 aromatic rings. The summed E-state index contributed by atoms with van der Waals surface area (Å²) in [6.45, 7) is 6.51. The van der Waals surface area contributed by atoms with E-state index in [1.165, 1.54) is 12.1 Å². The highest BCUT2D eigenvalue weighted by molar-refractivity contribution is 7.89. The Morgan fingerprint density at radius 1 is 1.09 bits per heavy atom. The maximum Gasteiger partial charge on any atom is 0.240 e. The molecule has 0 saturated heterocycles. The van der Waals surface area contributed by atoms with Crippen molar-refractivity contribution < 1.29 is 17.6 Å². The van der Waals surface area contributed by atoms with E-state index in [0.717, 1.165) is 23.4 Å². The van der Waals surface area contributed by atoms with Gasteiger partial charge in [-0.15, -0.1) is 0 Å². The van der Waals surface area contributed by atoms with E-state index in [4.69, 9.17) is 0 Å². The Balaban J connectivity index is 1.53. The first-order valence-corrected chi connectivity index (χ1v) is 12.6. The molecule has 1 saturated carbocycles. The number of nitrogens with one attached hydrogen (secondary N) is 3. The summed E-state index contributed by atoms with van der Waals surface area (Å²) < 4.78 is 41.6. The van der Waals surface area contributed by atoms with Crippen LogP contribution >= 0.6 is 0 Å². The number of amides is 1. The molecule has 1 amide bonds. The minimum Gasteiger partial charge on any atom is -0.385 e. The van der Waals surface area contributed by atoms with Gasteiger partial charge in [-0.05, 0) is 87.9 Å². The number of hydrogen-bond acceptors (Lipinski definition) is 4. The van der Waals surface area contributed by atoms with Crippen molar-refractivity contribution in [2.45, 2.75) is 63.4 Å². The third kappa shape index (κ3) is 6.07. The zero-order valence-corrected chi connectivity index (χ0v) is 19.6. The van der Waals surface area contributed by atoms with Crippen molar-refractivity contribution >= 4 is 21.6 Å². The Kier molecular flexibility index (Phi) is 7.90. The molecule has 1 fully saturated rings. The van der Waals surface area contributed by atoms with Crippen LogP contribution in [-0.2, 0) is 14.8 Å². The van der Waals surface area contributed by atoms with E-state index in [9.17, 15) is 17.6 Å². The number of aryl methyl sites for hydroxylation is 1. The highest BCUT2D eigenvalue weighted by atomic mass is 32.2. The number of benzene rings is 2. The number of rotatable bonds is 8. The summed E-state index contributed by atoms with van der Waals surface area (Å²) in [4.78, 5) is 12.9. The summed E-state index contributed by atoms with van der Waals surface area (Å²) >= 11 is 0. The molecule has 1 aliphatic rings. The van der Waals surface area contributed by atoms with Crippen LogP contribution in [0.3, 0.4) is 0 Å². The largest absolute Gasteiger partial charge is 0.385 e. The summed E-state index contributed by atoms with van der Waals surface area (Å²) in [7, 11) is -3.62. The van der Waals surface area contributed by atoms with Crippen molar-refractivity contribution in [3.05, 3.63) is 59.4 Å². The molecule has 6 nitrogen and oxygen atoms in total. The maximum absolute atomic E-state index is 13.1. The summed E-state index contributed by atoms with van der Waals surface area (Å²) in [6.07, 6.45) is 2.45. The Labute approximate surface area is 190 Å². The first-order chi connectivity index (χ1) is 15.2. The Morgan fingerprint density at radius 3 is 2.34 bits per heavy atom. The summed E-state index contributed by atoms with van der Waals surface area (Å²) in [5.41, 5.74) is 2.65. The van der Waals surface area contributed by atoms with E-state index in [1.807, 2.05) is 20.8 Å². The highest BCUT2D eigenvalue weighted by Crippen LogP contribution is 2.27. The first kappa shape index (κ1) is 24.2. The quantitative estimate of drug-likeness (QED) is 0.548. The van der Waals surface area contributed by atoms with E-state index in [-0.39, 0.29) is 34.6 Å². The van der Waals surface area contributed by atoms with Crippen molar-refractivity contribution in [3.63, 3.8) is 0 Å². The second-order valence-corrected chi connectivity index (χ2v) is 10.2. The van der Waals surface area contributed by atoms with Gasteiger partial charge in [-0.3, -0.25) is 4.79 Å². The third-order valence-corrected chi connectivity index (χ3v) is 7.54. The molecule has 0 bridgehead atoms. The van der Waals surface area contributed by atoms with E-state index in [2.05, 4.69) is 15.4 Å². The maximum atomic E-state index is 13.1. The van der Waals surface area contributed by atoms with Gasteiger partial charge >= 0.3 is 0 Å². The molecule has 3 rings (SSSR count). The molecule has 8 heteroatoms. The third-order valence-electron chi connectivity index (χ3n) is 6.02. The standard InChI is InChI=1S/C24H32FN3O3S/c1-4-26-23-14-13-22(15-16(23)2)32(30,31)28-21-11-7-19(8-12-21)24(29)27-17(3)18-5-9-20(25)10-6-18/h5-6,9-10,13-15,17,19,21,26,28H,4,7-8,11-12H2,1-3H3,(H,27,29)/t17-,19-,21-/m1/s1. The summed E-state index contributed by atoms with van der Waals surface area (Å²) in [5, 5.41) is 6.20. The van der Waals surface area contributed by atoms with Crippen molar-refractivity contribution in [3.8, 4) is 0 Å². The Morgan fingerprint density at radius 2 is 1.75 bits per heavy atom. The van der Waals surface area contributed by atoms with Crippen molar-refractivity contribution in [1.29, 1.82) is 0 Å². The number of halogens is 1. The highest BCUT2D eigenvalue weighted by Gasteiger charge is 2.30. The van der Waals surface area contributed by atoms with E-state index in [0.29, 0.717) is 25.7 Å². The fraction of sp³-hybridized carbons (Fsp3) is 0.458. The van der Waals surface area contributed by atoms with Crippen LogP contribution in [0.2, 0.25) is 0 Å². The number of hydrogen-bond donors (Lipinski definition) is 3. The van der Waals surface area contributed by atoms with Gasteiger partial charge in [0.25, 0.3) is 0 Å². The van der Waals surface area contributed by atoms with Gasteiger partial charge in [0.15, 0.2) is 0 Å². The van der Waals surface area contributed by atoms with Crippen LogP contribution in [0, 0.1) is 18.7 Å². The molecule has 32 heavy (non-hydrogen) atoms. The van der Waals surface area contributed by atoms with Crippen molar-refractivity contribution in [2.24, 2.45) is 5.92 Å². The van der Waals surface area contributed by atoms with E-state index < -0.39 is 10.0 Å². The van der Waals surface area contributed by atoms with Gasteiger partial charge < -0.3 is 10.6 Å². The monoisotopic (exact) mass is 461 g/mol. The fourth-order valence-corrected chi connectivity index (χ4v) is 5.51. The van der Waals surface area contributed by atoms with Crippen LogP contribution in [0.25, 0.3) is 0 Å². The molecule has 2 aromatic carbocycles. The van der Waals surface area contributed by atoms with E-state index >= 15 is 0 Å². The van der Waals surface area contributed by atoms with Gasteiger partial charge in [-0.2, -0.15) is 0 Å². The number of sulfonamides is 1. The molecule has 3 N–H and O–H groups in total. The molecule has 0 unspecified atom stereocenters. The lowest BCUT2D eigenvalue weighted by Gasteiger charge is -2.29. The summed E-state index contributed by atoms with van der Waals surface area (Å²) in [5.74, 6) is -0.505. The van der Waals surface area contributed by atoms with Crippen LogP contribution in [0.15, 0.2) is 47.4 Å². The predicted octanol–water partition coefficient (Wildman–Crippen LogP) is 4.28. The molecule has 0 spiro atoms. The lowest BCUT2D eigenvalue weighted by molar-refractivity contribution is -0.126. The Hall–Kier alpha value is -2.45. The average Bonchev–Trinajstić information content (AvgIpc) is 2.76. The molecule has 0 heterocycles. The second-order valence-electron chi connectivity index (χ2n) is 8.46. The molecule has 0 radical (unpaired) electrons. The van der Waals surface area contributed by atoms with Crippen LogP contribution in [0.1, 0.15) is 56.7 Å². The molecular weight excluding hydrogens is 429 g/mol. The second kappa shape index (κ2) is 10.4. The van der Waals surface area contributed by atoms with Gasteiger partial charge in [0.05, 0.1) is 10.9 Å². The molecular formula is C24H32FN3O3S. The summed E-state index contributed by atoms with van der Waals surface area (Å²) in [6, 6.07) is 10.8.